The summed E-state index contributed by atoms with van der Waals surface area (Å²) < 4.78 is 53.5. The molecule has 0 atom stereocenters. The van der Waals surface area contributed by atoms with Crippen LogP contribution in [0.3, 0.4) is 0 Å². The van der Waals surface area contributed by atoms with Gasteiger partial charge in [0.15, 0.2) is 0 Å². The fourth-order valence-corrected chi connectivity index (χ4v) is 1.79. The molecule has 0 amide bonds. The molecule has 8 heteroatoms. The van der Waals surface area contributed by atoms with E-state index in [9.17, 15) is 17.6 Å². The van der Waals surface area contributed by atoms with Crippen molar-refractivity contribution in [2.75, 3.05) is 11.9 Å². The van der Waals surface area contributed by atoms with E-state index in [1.807, 2.05) is 0 Å². The zero-order valence-corrected chi connectivity index (χ0v) is 11.6. The number of hydrogen-bond donors (Lipinski definition) is 0. The van der Waals surface area contributed by atoms with Crippen LogP contribution in [0.25, 0.3) is 0 Å². The SMILES string of the molecule is CN(Cc1ccc(OC(F)F)cc1)c1nccc(C(F)F)n1. The molecule has 2 rings (SSSR count). The molecule has 0 spiro atoms. The summed E-state index contributed by atoms with van der Waals surface area (Å²) >= 11 is 0. The first kappa shape index (κ1) is 16.0. The van der Waals surface area contributed by atoms with Gasteiger partial charge in [-0.05, 0) is 23.8 Å². The number of rotatable bonds is 6. The minimum Gasteiger partial charge on any atom is -0.435 e. The summed E-state index contributed by atoms with van der Waals surface area (Å²) in [4.78, 5) is 9.28. The Morgan fingerprint density at radius 3 is 2.36 bits per heavy atom. The highest BCUT2D eigenvalue weighted by atomic mass is 19.3. The van der Waals surface area contributed by atoms with Gasteiger partial charge in [0.1, 0.15) is 11.4 Å². The predicted octanol–water partition coefficient (Wildman–Crippen LogP) is 3.65. The van der Waals surface area contributed by atoms with Crippen LogP contribution >= 0.6 is 0 Å². The van der Waals surface area contributed by atoms with E-state index >= 15 is 0 Å². The van der Waals surface area contributed by atoms with E-state index in [0.29, 0.717) is 6.54 Å². The van der Waals surface area contributed by atoms with Crippen LogP contribution in [0.5, 0.6) is 5.75 Å². The first-order chi connectivity index (χ1) is 10.5. The van der Waals surface area contributed by atoms with Crippen molar-refractivity contribution in [1.29, 1.82) is 0 Å². The van der Waals surface area contributed by atoms with Gasteiger partial charge in [-0.3, -0.25) is 0 Å². The monoisotopic (exact) mass is 315 g/mol. The molecule has 0 aliphatic carbocycles. The van der Waals surface area contributed by atoms with E-state index in [2.05, 4.69) is 14.7 Å². The summed E-state index contributed by atoms with van der Waals surface area (Å²) in [6.45, 7) is -2.54. The van der Waals surface area contributed by atoms with Gasteiger partial charge in [-0.25, -0.2) is 18.7 Å². The lowest BCUT2D eigenvalue weighted by molar-refractivity contribution is -0.0498. The summed E-state index contributed by atoms with van der Waals surface area (Å²) in [6.07, 6.45) is -1.40. The van der Waals surface area contributed by atoms with E-state index < -0.39 is 13.0 Å². The lowest BCUT2D eigenvalue weighted by Crippen LogP contribution is -2.19. The molecular weight excluding hydrogens is 302 g/mol. The molecule has 0 unspecified atom stereocenters. The Kier molecular flexibility index (Phi) is 5.13. The quantitative estimate of drug-likeness (QED) is 0.763. The lowest BCUT2D eigenvalue weighted by atomic mass is 10.2. The van der Waals surface area contributed by atoms with E-state index in [1.165, 1.54) is 18.3 Å². The molecule has 2 aromatic rings. The number of nitrogens with zero attached hydrogens (tertiary/aromatic N) is 3. The summed E-state index contributed by atoms with van der Waals surface area (Å²) in [5.74, 6) is 0.211. The molecule has 0 bridgehead atoms. The minimum atomic E-state index is -2.88. The maximum atomic E-state index is 12.6. The Balaban J connectivity index is 2.05. The van der Waals surface area contributed by atoms with Crippen molar-refractivity contribution >= 4 is 5.95 Å². The first-order valence-electron chi connectivity index (χ1n) is 6.31. The molecule has 0 fully saturated rings. The van der Waals surface area contributed by atoms with Gasteiger partial charge in [-0.2, -0.15) is 8.78 Å². The number of anilines is 1. The van der Waals surface area contributed by atoms with Gasteiger partial charge in [0.25, 0.3) is 6.43 Å². The van der Waals surface area contributed by atoms with Crippen LogP contribution < -0.4 is 9.64 Å². The standard InChI is InChI=1S/C14H13F4N3O/c1-21(14-19-7-6-11(20-14)12(15)16)8-9-2-4-10(5-3-9)22-13(17)18/h2-7,12-13H,8H2,1H3. The van der Waals surface area contributed by atoms with Crippen molar-refractivity contribution in [3.05, 3.63) is 47.8 Å². The lowest BCUT2D eigenvalue weighted by Gasteiger charge is -2.17. The first-order valence-corrected chi connectivity index (χ1v) is 6.31. The van der Waals surface area contributed by atoms with E-state index in [1.54, 1.807) is 24.1 Å². The third-order valence-electron chi connectivity index (χ3n) is 2.80. The Labute approximate surface area is 124 Å². The molecule has 1 aromatic carbocycles. The largest absolute Gasteiger partial charge is 0.435 e. The third-order valence-corrected chi connectivity index (χ3v) is 2.80. The Morgan fingerprint density at radius 2 is 1.77 bits per heavy atom. The van der Waals surface area contributed by atoms with Crippen LogP contribution in [-0.2, 0) is 6.54 Å². The third kappa shape index (κ3) is 4.31. The van der Waals surface area contributed by atoms with Crippen molar-refractivity contribution in [2.24, 2.45) is 0 Å². The number of aromatic nitrogens is 2. The Morgan fingerprint density at radius 1 is 1.09 bits per heavy atom. The average Bonchev–Trinajstić information content (AvgIpc) is 2.49. The van der Waals surface area contributed by atoms with Crippen molar-refractivity contribution in [1.82, 2.24) is 9.97 Å². The molecular formula is C14H13F4N3O. The smallest absolute Gasteiger partial charge is 0.387 e. The van der Waals surface area contributed by atoms with Crippen molar-refractivity contribution in [2.45, 2.75) is 19.6 Å². The fraction of sp³-hybridized carbons (Fsp3) is 0.286. The van der Waals surface area contributed by atoms with Crippen molar-refractivity contribution in [3.8, 4) is 5.75 Å². The molecule has 0 N–H and O–H groups in total. The molecule has 4 nitrogen and oxygen atoms in total. The summed E-state index contributed by atoms with van der Waals surface area (Å²) in [5.41, 5.74) is 0.424. The number of ether oxygens (including phenoxy) is 1. The van der Waals surface area contributed by atoms with Crippen LogP contribution in [0.1, 0.15) is 17.7 Å². The van der Waals surface area contributed by atoms with Crippen LogP contribution in [0, 0.1) is 0 Å². The maximum absolute atomic E-state index is 12.6. The Hall–Kier alpha value is -2.38. The average molecular weight is 315 g/mol. The predicted molar refractivity (Wildman–Crippen MR) is 72.2 cm³/mol. The van der Waals surface area contributed by atoms with E-state index in [0.717, 1.165) is 11.6 Å². The van der Waals surface area contributed by atoms with Crippen molar-refractivity contribution in [3.63, 3.8) is 0 Å². The van der Waals surface area contributed by atoms with E-state index in [4.69, 9.17) is 0 Å². The molecule has 0 aliphatic heterocycles. The Bertz CT molecular complexity index is 607. The topological polar surface area (TPSA) is 38.2 Å². The van der Waals surface area contributed by atoms with Crippen LogP contribution in [0.4, 0.5) is 23.5 Å². The maximum Gasteiger partial charge on any atom is 0.387 e. The zero-order valence-electron chi connectivity index (χ0n) is 11.6. The molecule has 22 heavy (non-hydrogen) atoms. The second-order valence-electron chi connectivity index (χ2n) is 4.46. The number of alkyl halides is 4. The second-order valence-corrected chi connectivity index (χ2v) is 4.46. The van der Waals surface area contributed by atoms with Crippen molar-refractivity contribution < 1.29 is 22.3 Å². The molecule has 118 valence electrons. The van der Waals surface area contributed by atoms with Gasteiger partial charge in [0.2, 0.25) is 5.95 Å². The molecule has 0 radical (unpaired) electrons. The molecule has 0 saturated carbocycles. The summed E-state index contributed by atoms with van der Waals surface area (Å²) in [5, 5.41) is 0. The van der Waals surface area contributed by atoms with Gasteiger partial charge < -0.3 is 9.64 Å². The molecule has 1 aromatic heterocycles. The minimum absolute atomic E-state index is 0.0531. The van der Waals surface area contributed by atoms with Gasteiger partial charge in [0, 0.05) is 19.8 Å². The molecule has 0 saturated heterocycles. The van der Waals surface area contributed by atoms with E-state index in [-0.39, 0.29) is 17.4 Å². The highest BCUT2D eigenvalue weighted by molar-refractivity contribution is 5.34. The summed E-state index contributed by atoms with van der Waals surface area (Å²) in [6, 6.07) is 7.17. The normalized spacial score (nSPS) is 11.0. The van der Waals surface area contributed by atoms with Gasteiger partial charge >= 0.3 is 6.61 Å². The van der Waals surface area contributed by atoms with Crippen LogP contribution in [0.2, 0.25) is 0 Å². The molecule has 1 heterocycles. The zero-order chi connectivity index (χ0) is 16.1. The number of halogens is 4. The number of hydrogen-bond acceptors (Lipinski definition) is 4. The highest BCUT2D eigenvalue weighted by Crippen LogP contribution is 2.19. The van der Waals surface area contributed by atoms with Crippen LogP contribution in [0.15, 0.2) is 36.5 Å². The van der Waals surface area contributed by atoms with Gasteiger partial charge in [-0.1, -0.05) is 12.1 Å². The second kappa shape index (κ2) is 7.06. The van der Waals surface area contributed by atoms with Gasteiger partial charge in [0.05, 0.1) is 0 Å². The highest BCUT2D eigenvalue weighted by Gasteiger charge is 2.12. The van der Waals surface area contributed by atoms with Crippen LogP contribution in [-0.4, -0.2) is 23.6 Å². The van der Waals surface area contributed by atoms with Gasteiger partial charge in [-0.15, -0.1) is 0 Å². The fourth-order valence-electron chi connectivity index (χ4n) is 1.79. The number of benzene rings is 1. The summed E-state index contributed by atoms with van der Waals surface area (Å²) in [7, 11) is 1.65. The molecule has 0 aliphatic rings.